The van der Waals surface area contributed by atoms with Crippen LogP contribution in [-0.4, -0.2) is 17.8 Å². The van der Waals surface area contributed by atoms with Gasteiger partial charge in [0.1, 0.15) is 5.84 Å². The second-order valence-corrected chi connectivity index (χ2v) is 8.20. The second kappa shape index (κ2) is 6.30. The van der Waals surface area contributed by atoms with Crippen molar-refractivity contribution < 1.29 is 0 Å². The SMILES string of the molecule is N=Cc1c(N)ccc2c1C1C3C=CC(CC3)C1C(c1ccc(N)c(C(=N)N)c1)=N2. The highest BCUT2D eigenvalue weighted by Gasteiger charge is 2.47. The van der Waals surface area contributed by atoms with Gasteiger partial charge in [-0.05, 0) is 60.1 Å². The minimum atomic E-state index is -0.0402. The molecule has 3 aliphatic carbocycles. The van der Waals surface area contributed by atoms with Crippen molar-refractivity contribution in [1.29, 1.82) is 10.8 Å². The number of hydrogen-bond donors (Lipinski definition) is 5. The zero-order valence-electron chi connectivity index (χ0n) is 16.0. The first kappa shape index (κ1) is 17.7. The van der Waals surface area contributed by atoms with Gasteiger partial charge < -0.3 is 22.6 Å². The maximum atomic E-state index is 7.96. The number of nitrogens with zero attached hydrogens (tertiary/aromatic N) is 1. The Kier molecular flexibility index (Phi) is 3.84. The van der Waals surface area contributed by atoms with E-state index in [-0.39, 0.29) is 17.7 Å². The van der Waals surface area contributed by atoms with Gasteiger partial charge in [0.25, 0.3) is 0 Å². The van der Waals surface area contributed by atoms with E-state index in [9.17, 15) is 0 Å². The number of benzene rings is 2. The van der Waals surface area contributed by atoms with E-state index in [1.54, 1.807) is 0 Å². The number of allylic oxidation sites excluding steroid dienone is 2. The first-order valence-corrected chi connectivity index (χ1v) is 9.93. The van der Waals surface area contributed by atoms with Gasteiger partial charge in [0.15, 0.2) is 0 Å². The molecule has 2 aromatic rings. The number of rotatable bonds is 3. The molecule has 0 amide bonds. The summed E-state index contributed by atoms with van der Waals surface area (Å²) < 4.78 is 0. The summed E-state index contributed by atoms with van der Waals surface area (Å²) >= 11 is 0. The van der Waals surface area contributed by atoms with Gasteiger partial charge in [0, 0.05) is 40.6 Å². The van der Waals surface area contributed by atoms with E-state index in [2.05, 4.69) is 12.2 Å². The Balaban J connectivity index is 1.77. The van der Waals surface area contributed by atoms with Crippen LogP contribution in [0.25, 0.3) is 0 Å². The Hall–Kier alpha value is -3.41. The average Bonchev–Trinajstić information content (AvgIpc) is 2.74. The summed E-state index contributed by atoms with van der Waals surface area (Å²) in [4.78, 5) is 5.07. The number of anilines is 2. The molecule has 1 heterocycles. The third-order valence-corrected chi connectivity index (χ3v) is 6.72. The monoisotopic (exact) mass is 384 g/mol. The highest BCUT2D eigenvalue weighted by atomic mass is 14.8. The topological polar surface area (TPSA) is 138 Å². The lowest BCUT2D eigenvalue weighted by Gasteiger charge is -2.48. The molecule has 6 nitrogen and oxygen atoms in total. The highest BCUT2D eigenvalue weighted by molar-refractivity contribution is 6.10. The van der Waals surface area contributed by atoms with E-state index in [0.29, 0.717) is 28.8 Å². The van der Waals surface area contributed by atoms with E-state index >= 15 is 0 Å². The van der Waals surface area contributed by atoms with Gasteiger partial charge in [-0.15, -0.1) is 0 Å². The van der Waals surface area contributed by atoms with Crippen molar-refractivity contribution in [2.75, 3.05) is 11.5 Å². The van der Waals surface area contributed by atoms with Crippen LogP contribution in [0.1, 0.15) is 41.0 Å². The third-order valence-electron chi connectivity index (χ3n) is 6.72. The Bertz CT molecular complexity index is 1110. The molecule has 0 spiro atoms. The quantitative estimate of drug-likeness (QED) is 0.239. The molecular formula is C23H24N6. The van der Waals surface area contributed by atoms with E-state index in [1.807, 2.05) is 30.3 Å². The van der Waals surface area contributed by atoms with Crippen LogP contribution in [-0.2, 0) is 0 Å². The Morgan fingerprint density at radius 1 is 1.00 bits per heavy atom. The van der Waals surface area contributed by atoms with Crippen LogP contribution in [0, 0.1) is 28.6 Å². The second-order valence-electron chi connectivity index (χ2n) is 8.20. The van der Waals surface area contributed by atoms with Crippen molar-refractivity contribution >= 4 is 34.8 Å². The molecule has 8 N–H and O–H groups in total. The fourth-order valence-electron chi connectivity index (χ4n) is 5.42. The van der Waals surface area contributed by atoms with Crippen LogP contribution in [0.3, 0.4) is 0 Å². The molecule has 0 saturated heterocycles. The Morgan fingerprint density at radius 3 is 2.34 bits per heavy atom. The molecule has 2 aromatic carbocycles. The maximum absolute atomic E-state index is 7.96. The summed E-state index contributed by atoms with van der Waals surface area (Å²) in [6.45, 7) is 0. The van der Waals surface area contributed by atoms with E-state index in [0.717, 1.165) is 40.9 Å². The Morgan fingerprint density at radius 2 is 1.69 bits per heavy atom. The van der Waals surface area contributed by atoms with Crippen molar-refractivity contribution in [3.63, 3.8) is 0 Å². The molecule has 1 aliphatic heterocycles. The lowest BCUT2D eigenvalue weighted by Crippen LogP contribution is -2.42. The molecule has 29 heavy (non-hydrogen) atoms. The van der Waals surface area contributed by atoms with Crippen molar-refractivity contribution in [2.45, 2.75) is 18.8 Å². The molecule has 2 bridgehead atoms. The molecule has 1 saturated carbocycles. The number of nitrogen functional groups attached to an aromatic ring is 3. The minimum Gasteiger partial charge on any atom is -0.398 e. The van der Waals surface area contributed by atoms with Crippen molar-refractivity contribution in [1.82, 2.24) is 0 Å². The van der Waals surface area contributed by atoms with Crippen LogP contribution in [0.2, 0.25) is 0 Å². The summed E-state index contributed by atoms with van der Waals surface area (Å²) in [7, 11) is 0. The summed E-state index contributed by atoms with van der Waals surface area (Å²) in [5, 5.41) is 15.8. The highest BCUT2D eigenvalue weighted by Crippen LogP contribution is 2.56. The first-order valence-electron chi connectivity index (χ1n) is 9.93. The number of aliphatic imine (C=N–C) groups is 1. The number of amidine groups is 1. The number of hydrogen-bond acceptors (Lipinski definition) is 5. The normalized spacial score (nSPS) is 26.4. The minimum absolute atomic E-state index is 0.0402. The van der Waals surface area contributed by atoms with Gasteiger partial charge in [-0.1, -0.05) is 18.2 Å². The summed E-state index contributed by atoms with van der Waals surface area (Å²) in [6, 6.07) is 9.47. The fourth-order valence-corrected chi connectivity index (χ4v) is 5.42. The number of nitrogens with one attached hydrogen (secondary N) is 2. The summed E-state index contributed by atoms with van der Waals surface area (Å²) in [5.41, 5.74) is 24.4. The lowest BCUT2D eigenvalue weighted by molar-refractivity contribution is 0.232. The molecular weight excluding hydrogens is 360 g/mol. The van der Waals surface area contributed by atoms with Gasteiger partial charge in [0.2, 0.25) is 0 Å². The zero-order chi connectivity index (χ0) is 20.3. The molecule has 0 radical (unpaired) electrons. The van der Waals surface area contributed by atoms with Crippen molar-refractivity contribution in [3.05, 3.63) is 64.7 Å². The predicted molar refractivity (Wildman–Crippen MR) is 118 cm³/mol. The zero-order valence-corrected chi connectivity index (χ0v) is 16.0. The number of fused-ring (bicyclic) bond motifs is 2. The fraction of sp³-hybridized carbons (Fsp3) is 0.261. The molecule has 4 atom stereocenters. The van der Waals surface area contributed by atoms with Crippen molar-refractivity contribution in [2.24, 2.45) is 28.5 Å². The van der Waals surface area contributed by atoms with Crippen molar-refractivity contribution in [3.8, 4) is 0 Å². The smallest absolute Gasteiger partial charge is 0.124 e. The molecule has 146 valence electrons. The third kappa shape index (κ3) is 2.52. The van der Waals surface area contributed by atoms with Gasteiger partial charge in [-0.3, -0.25) is 10.4 Å². The molecule has 4 aliphatic rings. The van der Waals surface area contributed by atoms with Crippen LogP contribution >= 0.6 is 0 Å². The molecule has 1 fully saturated rings. The van der Waals surface area contributed by atoms with E-state index < -0.39 is 0 Å². The largest absolute Gasteiger partial charge is 0.398 e. The molecule has 0 aromatic heterocycles. The Labute approximate surface area is 169 Å². The van der Waals surface area contributed by atoms with Crippen LogP contribution < -0.4 is 17.2 Å². The lowest BCUT2D eigenvalue weighted by atomic mass is 9.56. The van der Waals surface area contributed by atoms with E-state index in [1.165, 1.54) is 6.21 Å². The van der Waals surface area contributed by atoms with Crippen LogP contribution in [0.5, 0.6) is 0 Å². The van der Waals surface area contributed by atoms with Gasteiger partial charge in [-0.25, -0.2) is 0 Å². The average molecular weight is 384 g/mol. The molecule has 6 heteroatoms. The molecule has 4 unspecified atom stereocenters. The summed E-state index contributed by atoms with van der Waals surface area (Å²) in [5.74, 6) is 1.24. The molecule has 6 rings (SSSR count). The summed E-state index contributed by atoms with van der Waals surface area (Å²) in [6.07, 6.45) is 8.31. The first-order chi connectivity index (χ1) is 14.0. The predicted octanol–water partition coefficient (Wildman–Crippen LogP) is 3.56. The van der Waals surface area contributed by atoms with Gasteiger partial charge >= 0.3 is 0 Å². The van der Waals surface area contributed by atoms with Gasteiger partial charge in [0.05, 0.1) is 11.4 Å². The standard InChI is InChI=1S/C23H24N6/c24-10-15-17(26)7-8-18-21(15)19-11-1-3-12(4-2-11)20(19)22(29-18)13-5-6-16(25)14(9-13)23(27)28/h1,3,5-12,19-20,24H,2,4,25-26H2,(H3,27,28). The maximum Gasteiger partial charge on any atom is 0.124 e. The van der Waals surface area contributed by atoms with E-state index in [4.69, 9.17) is 33.0 Å². The van der Waals surface area contributed by atoms with Gasteiger partial charge in [-0.2, -0.15) is 0 Å². The van der Waals surface area contributed by atoms with Crippen LogP contribution in [0.15, 0.2) is 47.5 Å². The number of nitrogens with two attached hydrogens (primary N) is 3. The van der Waals surface area contributed by atoms with Crippen LogP contribution in [0.4, 0.5) is 17.1 Å².